The molecule has 0 N–H and O–H groups in total. The molecular weight excluding hydrogens is 123 g/mol. The SMILES string of the molecule is CC/C=C(\C)[P+](=O)[O-]. The van der Waals surface area contributed by atoms with Crippen LogP contribution in [0.4, 0.5) is 0 Å². The lowest BCUT2D eigenvalue weighted by Crippen LogP contribution is -1.84. The van der Waals surface area contributed by atoms with Crippen LogP contribution in [0, 0.1) is 0 Å². The minimum absolute atomic E-state index is 0.461. The van der Waals surface area contributed by atoms with E-state index in [2.05, 4.69) is 0 Å². The molecule has 0 aromatic heterocycles. The summed E-state index contributed by atoms with van der Waals surface area (Å²) in [4.78, 5) is 10.1. The van der Waals surface area contributed by atoms with E-state index >= 15 is 0 Å². The van der Waals surface area contributed by atoms with Crippen molar-refractivity contribution in [1.82, 2.24) is 0 Å². The van der Waals surface area contributed by atoms with Gasteiger partial charge in [0.05, 0.1) is 0 Å². The van der Waals surface area contributed by atoms with Gasteiger partial charge in [-0.2, -0.15) is 0 Å². The summed E-state index contributed by atoms with van der Waals surface area (Å²) in [5.41, 5.74) is 0. The van der Waals surface area contributed by atoms with Gasteiger partial charge in [-0.3, -0.25) is 0 Å². The van der Waals surface area contributed by atoms with E-state index in [0.717, 1.165) is 6.42 Å². The third-order valence-electron chi connectivity index (χ3n) is 0.788. The van der Waals surface area contributed by atoms with Crippen molar-refractivity contribution in [2.24, 2.45) is 0 Å². The summed E-state index contributed by atoms with van der Waals surface area (Å²) in [7, 11) is -2.31. The molecule has 0 amide bonds. The molecule has 0 rings (SSSR count). The van der Waals surface area contributed by atoms with E-state index in [1.807, 2.05) is 6.92 Å². The number of hydrogen-bond acceptors (Lipinski definition) is 2. The molecule has 2 nitrogen and oxygen atoms in total. The third-order valence-corrected chi connectivity index (χ3v) is 1.55. The van der Waals surface area contributed by atoms with Gasteiger partial charge in [-0.05, 0) is 12.5 Å². The molecule has 0 radical (unpaired) electrons. The van der Waals surface area contributed by atoms with Gasteiger partial charge in [0.25, 0.3) is 0 Å². The maximum absolute atomic E-state index is 10.1. The van der Waals surface area contributed by atoms with Crippen molar-refractivity contribution in [1.29, 1.82) is 0 Å². The van der Waals surface area contributed by atoms with Crippen molar-refractivity contribution in [2.75, 3.05) is 0 Å². The summed E-state index contributed by atoms with van der Waals surface area (Å²) in [5.74, 6) is 0. The van der Waals surface area contributed by atoms with E-state index < -0.39 is 8.03 Å². The topological polar surface area (TPSA) is 40.1 Å². The summed E-state index contributed by atoms with van der Waals surface area (Å²) < 4.78 is 10.1. The summed E-state index contributed by atoms with van der Waals surface area (Å²) in [5, 5.41) is 0.461. The van der Waals surface area contributed by atoms with Crippen LogP contribution < -0.4 is 4.89 Å². The van der Waals surface area contributed by atoms with Gasteiger partial charge in [-0.15, -0.1) is 0 Å². The molecule has 0 aliphatic rings. The molecule has 0 fully saturated rings. The molecule has 1 atom stereocenters. The summed E-state index contributed by atoms with van der Waals surface area (Å²) in [6.45, 7) is 3.50. The van der Waals surface area contributed by atoms with Crippen molar-refractivity contribution < 1.29 is 9.46 Å². The van der Waals surface area contributed by atoms with Gasteiger partial charge in [0.15, 0.2) is 5.31 Å². The normalized spacial score (nSPS) is 13.9. The van der Waals surface area contributed by atoms with Gasteiger partial charge in [-0.1, -0.05) is 11.5 Å². The largest absolute Gasteiger partial charge is 0.591 e. The van der Waals surface area contributed by atoms with E-state index in [0.29, 0.717) is 5.31 Å². The highest BCUT2D eigenvalue weighted by atomic mass is 31.1. The van der Waals surface area contributed by atoms with Crippen LogP contribution in [-0.4, -0.2) is 0 Å². The molecule has 3 heteroatoms. The quantitative estimate of drug-likeness (QED) is 0.533. The fourth-order valence-electron chi connectivity index (χ4n) is 0.370. The van der Waals surface area contributed by atoms with Crippen LogP contribution in [0.5, 0.6) is 0 Å². The zero-order valence-electron chi connectivity index (χ0n) is 5.05. The zero-order valence-corrected chi connectivity index (χ0v) is 5.94. The Morgan fingerprint density at radius 3 is 2.50 bits per heavy atom. The minimum Gasteiger partial charge on any atom is -0.591 e. The van der Waals surface area contributed by atoms with Crippen LogP contribution in [0.2, 0.25) is 0 Å². The highest BCUT2D eigenvalue weighted by Crippen LogP contribution is 2.20. The number of allylic oxidation sites excluding steroid dienone is 2. The van der Waals surface area contributed by atoms with Gasteiger partial charge in [0.1, 0.15) is 0 Å². The van der Waals surface area contributed by atoms with Crippen molar-refractivity contribution in [3.63, 3.8) is 0 Å². The van der Waals surface area contributed by atoms with Crippen molar-refractivity contribution >= 4 is 8.03 Å². The highest BCUT2D eigenvalue weighted by Gasteiger charge is 2.00. The first-order chi connectivity index (χ1) is 3.68. The van der Waals surface area contributed by atoms with E-state index in [-0.39, 0.29) is 0 Å². The monoisotopic (exact) mass is 132 g/mol. The highest BCUT2D eigenvalue weighted by molar-refractivity contribution is 7.41. The van der Waals surface area contributed by atoms with Crippen LogP contribution in [0.15, 0.2) is 11.4 Å². The minimum atomic E-state index is -2.31. The van der Waals surface area contributed by atoms with E-state index in [4.69, 9.17) is 0 Å². The average molecular weight is 132 g/mol. The van der Waals surface area contributed by atoms with E-state index in [9.17, 15) is 9.46 Å². The molecule has 0 saturated heterocycles. The van der Waals surface area contributed by atoms with Gasteiger partial charge >= 0.3 is 8.03 Å². The smallest absolute Gasteiger partial charge is 0.343 e. The van der Waals surface area contributed by atoms with Crippen molar-refractivity contribution in [3.05, 3.63) is 11.4 Å². The van der Waals surface area contributed by atoms with Crippen LogP contribution in [-0.2, 0) is 4.57 Å². The molecule has 0 aromatic rings. The Morgan fingerprint density at radius 1 is 1.88 bits per heavy atom. The summed E-state index contributed by atoms with van der Waals surface area (Å²) >= 11 is 0. The lowest BCUT2D eigenvalue weighted by Gasteiger charge is -1.83. The summed E-state index contributed by atoms with van der Waals surface area (Å²) in [6, 6.07) is 0. The Morgan fingerprint density at radius 2 is 2.38 bits per heavy atom. The first-order valence-corrected chi connectivity index (χ1v) is 3.67. The Balaban J connectivity index is 3.80. The first-order valence-electron chi connectivity index (χ1n) is 2.49. The first kappa shape index (κ1) is 7.80. The molecular formula is C5H9O2P. The lowest BCUT2D eigenvalue weighted by atomic mass is 10.4. The zero-order chi connectivity index (χ0) is 6.57. The maximum Gasteiger partial charge on any atom is 0.343 e. The molecule has 8 heavy (non-hydrogen) atoms. The lowest BCUT2D eigenvalue weighted by molar-refractivity contribution is -0.162. The van der Waals surface area contributed by atoms with E-state index in [1.165, 1.54) is 0 Å². The Hall–Kier alpha value is -0.200. The predicted molar refractivity (Wildman–Crippen MR) is 31.7 cm³/mol. The van der Waals surface area contributed by atoms with Gasteiger partial charge in [0, 0.05) is 6.92 Å². The summed E-state index contributed by atoms with van der Waals surface area (Å²) in [6.07, 6.45) is 2.47. The van der Waals surface area contributed by atoms with Crippen LogP contribution in [0.1, 0.15) is 20.3 Å². The van der Waals surface area contributed by atoms with Crippen molar-refractivity contribution in [2.45, 2.75) is 20.3 Å². The number of hydrogen-bond donors (Lipinski definition) is 0. The second-order valence-corrected chi connectivity index (χ2v) is 2.73. The third kappa shape index (κ3) is 2.89. The molecule has 0 aliphatic carbocycles. The van der Waals surface area contributed by atoms with Gasteiger partial charge in [-0.25, -0.2) is 0 Å². The number of rotatable bonds is 2. The predicted octanol–water partition coefficient (Wildman–Crippen LogP) is 1.40. The fraction of sp³-hybridized carbons (Fsp3) is 0.600. The standard InChI is InChI=1S/C5H9O2P/c1-3-4-5(2)8(6)7/h4H,3H2,1-2H3/b5-4+. The second-order valence-electron chi connectivity index (χ2n) is 1.51. The Labute approximate surface area is 50.1 Å². The molecule has 0 aromatic carbocycles. The molecule has 0 spiro atoms. The van der Waals surface area contributed by atoms with Crippen LogP contribution >= 0.6 is 8.03 Å². The van der Waals surface area contributed by atoms with Gasteiger partial charge < -0.3 is 4.89 Å². The maximum atomic E-state index is 10.1. The molecule has 1 unspecified atom stereocenters. The van der Waals surface area contributed by atoms with Crippen LogP contribution in [0.25, 0.3) is 0 Å². The fourth-order valence-corrected chi connectivity index (χ4v) is 0.702. The second kappa shape index (κ2) is 3.76. The Kier molecular flexibility index (Phi) is 3.67. The molecule has 46 valence electrons. The molecule has 0 aliphatic heterocycles. The van der Waals surface area contributed by atoms with Crippen LogP contribution in [0.3, 0.4) is 0 Å². The molecule has 0 saturated carbocycles. The molecule has 0 bridgehead atoms. The van der Waals surface area contributed by atoms with Gasteiger partial charge in [0.2, 0.25) is 0 Å². The molecule has 0 heterocycles. The van der Waals surface area contributed by atoms with Crippen molar-refractivity contribution in [3.8, 4) is 0 Å². The van der Waals surface area contributed by atoms with E-state index in [1.54, 1.807) is 13.0 Å². The Bertz CT molecular complexity index is 118. The average Bonchev–Trinajstić information content (AvgIpc) is 1.67.